The van der Waals surface area contributed by atoms with E-state index >= 15 is 0 Å². The fourth-order valence-corrected chi connectivity index (χ4v) is 6.98. The summed E-state index contributed by atoms with van der Waals surface area (Å²) >= 11 is 0. The lowest BCUT2D eigenvalue weighted by molar-refractivity contribution is -0.118. The van der Waals surface area contributed by atoms with Crippen molar-refractivity contribution in [1.82, 2.24) is 4.90 Å². The van der Waals surface area contributed by atoms with Crippen molar-refractivity contribution in [2.75, 3.05) is 13.6 Å². The molecule has 1 heterocycles. The summed E-state index contributed by atoms with van der Waals surface area (Å²) < 4.78 is 66.3. The molecular formula is C20H26F3NO4S. The summed E-state index contributed by atoms with van der Waals surface area (Å²) in [6.45, 7) is 4.72. The van der Waals surface area contributed by atoms with E-state index in [1.54, 1.807) is 6.08 Å². The van der Waals surface area contributed by atoms with Gasteiger partial charge in [-0.1, -0.05) is 13.8 Å². The van der Waals surface area contributed by atoms with Crippen molar-refractivity contribution in [3.8, 4) is 0 Å². The molecule has 2 fully saturated rings. The number of fused-ring (bicyclic) bond motifs is 5. The SMILES string of the molecule is CN1CC2C3CC=C(OS(=O)(=O)C(F)(F)F)C3(C)CCC2C2(C)CCC(=O)C=C12. The van der Waals surface area contributed by atoms with Gasteiger partial charge in [-0.2, -0.15) is 21.6 Å². The number of likely N-dealkylation sites (tertiary alicyclic amines) is 1. The molecule has 5 nitrogen and oxygen atoms in total. The molecule has 9 heteroatoms. The van der Waals surface area contributed by atoms with Crippen LogP contribution in [0.15, 0.2) is 23.6 Å². The number of alkyl halides is 3. The van der Waals surface area contributed by atoms with Gasteiger partial charge in [0.2, 0.25) is 0 Å². The topological polar surface area (TPSA) is 63.7 Å². The highest BCUT2D eigenvalue weighted by atomic mass is 32.2. The Morgan fingerprint density at radius 1 is 1.17 bits per heavy atom. The molecule has 0 bridgehead atoms. The zero-order chi connectivity index (χ0) is 21.4. The molecule has 3 aliphatic carbocycles. The van der Waals surface area contributed by atoms with Gasteiger partial charge < -0.3 is 9.08 Å². The lowest BCUT2D eigenvalue weighted by Crippen LogP contribution is -2.56. The molecule has 1 saturated heterocycles. The molecule has 1 saturated carbocycles. The monoisotopic (exact) mass is 433 g/mol. The highest BCUT2D eigenvalue weighted by Gasteiger charge is 2.60. The maximum atomic E-state index is 12.8. The number of halogens is 3. The molecule has 0 N–H and O–H groups in total. The number of carbonyl (C=O) groups is 1. The minimum absolute atomic E-state index is 0.0122. The molecule has 0 aromatic rings. The molecule has 4 rings (SSSR count). The van der Waals surface area contributed by atoms with E-state index in [1.165, 1.54) is 6.08 Å². The number of hydrogen-bond donors (Lipinski definition) is 0. The standard InChI is InChI=1S/C20H26F3NO4S/c1-18-8-6-12(25)10-16(18)24(3)11-13-14-4-5-17(19(14,2)9-7-15(13)18)28-29(26,27)20(21,22)23/h5,10,13-15H,4,6-9,11H2,1-3H3. The van der Waals surface area contributed by atoms with Gasteiger partial charge in [-0.3, -0.25) is 4.79 Å². The van der Waals surface area contributed by atoms with Gasteiger partial charge in [0.1, 0.15) is 5.76 Å². The van der Waals surface area contributed by atoms with Gasteiger partial charge in [-0.25, -0.2) is 0 Å². The highest BCUT2D eigenvalue weighted by molar-refractivity contribution is 7.87. The molecule has 29 heavy (non-hydrogen) atoms. The molecular weight excluding hydrogens is 407 g/mol. The number of piperidine rings is 1. The molecule has 5 atom stereocenters. The molecule has 162 valence electrons. The number of rotatable bonds is 2. The van der Waals surface area contributed by atoms with Crippen molar-refractivity contribution in [2.45, 2.75) is 51.5 Å². The normalized spacial score (nSPS) is 39.9. The zero-order valence-electron chi connectivity index (χ0n) is 16.8. The maximum Gasteiger partial charge on any atom is 0.534 e. The molecule has 0 radical (unpaired) electrons. The zero-order valence-corrected chi connectivity index (χ0v) is 17.6. The van der Waals surface area contributed by atoms with Crippen molar-refractivity contribution in [1.29, 1.82) is 0 Å². The van der Waals surface area contributed by atoms with Crippen LogP contribution in [0.25, 0.3) is 0 Å². The van der Waals surface area contributed by atoms with Crippen LogP contribution in [-0.4, -0.2) is 38.2 Å². The predicted molar refractivity (Wildman–Crippen MR) is 99.6 cm³/mol. The lowest BCUT2D eigenvalue weighted by Gasteiger charge is -2.59. The van der Waals surface area contributed by atoms with E-state index in [9.17, 15) is 26.4 Å². The molecule has 0 aromatic heterocycles. The molecule has 1 aliphatic heterocycles. The van der Waals surface area contributed by atoms with Crippen molar-refractivity contribution >= 4 is 15.9 Å². The minimum atomic E-state index is -5.67. The fraction of sp³-hybridized carbons (Fsp3) is 0.750. The van der Waals surface area contributed by atoms with Crippen LogP contribution in [0.5, 0.6) is 0 Å². The second-order valence-electron chi connectivity index (χ2n) is 9.41. The van der Waals surface area contributed by atoms with E-state index in [0.717, 1.165) is 18.5 Å². The Hall–Kier alpha value is -1.51. The van der Waals surface area contributed by atoms with Gasteiger partial charge in [0.05, 0.1) is 0 Å². The van der Waals surface area contributed by atoms with Gasteiger partial charge in [-0.05, 0) is 49.5 Å². The Morgan fingerprint density at radius 3 is 2.52 bits per heavy atom. The van der Waals surface area contributed by atoms with E-state index in [4.69, 9.17) is 0 Å². The third-order valence-corrected chi connectivity index (χ3v) is 8.88. The van der Waals surface area contributed by atoms with Gasteiger partial charge in [0, 0.05) is 42.6 Å². The van der Waals surface area contributed by atoms with Crippen LogP contribution >= 0.6 is 0 Å². The largest absolute Gasteiger partial charge is 0.534 e. The van der Waals surface area contributed by atoms with Crippen LogP contribution in [0.4, 0.5) is 13.2 Å². The molecule has 4 aliphatic rings. The Kier molecular flexibility index (Phi) is 4.47. The van der Waals surface area contributed by atoms with Gasteiger partial charge in [0.15, 0.2) is 5.78 Å². The Labute approximate surface area is 169 Å². The van der Waals surface area contributed by atoms with Crippen LogP contribution < -0.4 is 0 Å². The van der Waals surface area contributed by atoms with E-state index in [-0.39, 0.29) is 28.8 Å². The van der Waals surface area contributed by atoms with Crippen molar-refractivity contribution < 1.29 is 30.6 Å². The molecule has 0 spiro atoms. The van der Waals surface area contributed by atoms with Crippen LogP contribution in [0.1, 0.15) is 46.0 Å². The summed E-state index contributed by atoms with van der Waals surface area (Å²) in [5, 5.41) is 0. The minimum Gasteiger partial charge on any atom is -0.380 e. The highest BCUT2D eigenvalue weighted by Crippen LogP contribution is 2.64. The van der Waals surface area contributed by atoms with Crippen LogP contribution in [0.3, 0.4) is 0 Å². The number of hydrogen-bond acceptors (Lipinski definition) is 5. The van der Waals surface area contributed by atoms with Gasteiger partial charge in [-0.15, -0.1) is 0 Å². The van der Waals surface area contributed by atoms with Crippen LogP contribution in [0.2, 0.25) is 0 Å². The molecule has 0 aromatic carbocycles. The van der Waals surface area contributed by atoms with Gasteiger partial charge in [0.25, 0.3) is 0 Å². The van der Waals surface area contributed by atoms with E-state index in [2.05, 4.69) is 16.0 Å². The molecule has 0 amide bonds. The maximum absolute atomic E-state index is 12.8. The van der Waals surface area contributed by atoms with Crippen molar-refractivity contribution in [3.05, 3.63) is 23.6 Å². The quantitative estimate of drug-likeness (QED) is 0.487. The Balaban J connectivity index is 1.64. The smallest absolute Gasteiger partial charge is 0.380 e. The second-order valence-corrected chi connectivity index (χ2v) is 11.0. The number of nitrogens with zero attached hydrogens (tertiary/aromatic N) is 1. The number of carbonyl (C=O) groups excluding carboxylic acids is 1. The third kappa shape index (κ3) is 2.94. The van der Waals surface area contributed by atoms with E-state index in [1.807, 2.05) is 14.0 Å². The summed E-state index contributed by atoms with van der Waals surface area (Å²) in [5.41, 5.74) is -5.26. The molecule has 5 unspecified atom stereocenters. The van der Waals surface area contributed by atoms with Crippen molar-refractivity contribution in [2.24, 2.45) is 28.6 Å². The first kappa shape index (κ1) is 20.8. The van der Waals surface area contributed by atoms with Crippen LogP contribution in [0, 0.1) is 28.6 Å². The van der Waals surface area contributed by atoms with E-state index in [0.29, 0.717) is 31.7 Å². The fourth-order valence-electron chi connectivity index (χ4n) is 6.39. The van der Waals surface area contributed by atoms with Crippen molar-refractivity contribution in [3.63, 3.8) is 0 Å². The van der Waals surface area contributed by atoms with Crippen LogP contribution in [-0.2, 0) is 19.1 Å². The first-order valence-corrected chi connectivity index (χ1v) is 11.4. The summed E-state index contributed by atoms with van der Waals surface area (Å²) in [7, 11) is -3.72. The van der Waals surface area contributed by atoms with Gasteiger partial charge >= 0.3 is 15.6 Å². The first-order chi connectivity index (χ1) is 13.3. The predicted octanol–water partition coefficient (Wildman–Crippen LogP) is 3.99. The average Bonchev–Trinajstić information content (AvgIpc) is 2.92. The second kappa shape index (κ2) is 6.25. The average molecular weight is 433 g/mol. The third-order valence-electron chi connectivity index (χ3n) is 7.92. The lowest BCUT2D eigenvalue weighted by atomic mass is 9.50. The van der Waals surface area contributed by atoms with E-state index < -0.39 is 21.0 Å². The Morgan fingerprint density at radius 2 is 1.86 bits per heavy atom. The summed E-state index contributed by atoms with van der Waals surface area (Å²) in [6, 6.07) is 0. The number of ketones is 1. The Bertz CT molecular complexity index is 909. The first-order valence-electron chi connectivity index (χ1n) is 9.97. The number of allylic oxidation sites excluding steroid dienone is 4. The summed E-state index contributed by atoms with van der Waals surface area (Å²) in [5.74, 6) is 0.589. The summed E-state index contributed by atoms with van der Waals surface area (Å²) in [6.07, 6.45) is 6.40. The summed E-state index contributed by atoms with van der Waals surface area (Å²) in [4.78, 5) is 14.1.